The van der Waals surface area contributed by atoms with E-state index in [0.29, 0.717) is 0 Å². The minimum Gasteiger partial charge on any atom is -0.368 e. The summed E-state index contributed by atoms with van der Waals surface area (Å²) < 4.78 is 1.07. The fourth-order valence-electron chi connectivity index (χ4n) is 0.935. The fourth-order valence-corrected chi connectivity index (χ4v) is 1.62. The van der Waals surface area contributed by atoms with E-state index in [-0.39, 0.29) is 0 Å². The molecule has 1 aromatic rings. The minimum absolute atomic E-state index is 0.939. The topological polar surface area (TPSA) is 24.9 Å². The van der Waals surface area contributed by atoms with Crippen LogP contribution in [0.25, 0.3) is 0 Å². The first-order valence-corrected chi connectivity index (χ1v) is 6.28. The average Bonchev–Trinajstić information content (AvgIpc) is 2.13. The molecule has 0 fully saturated rings. The predicted octanol–water partition coefficient (Wildman–Crippen LogP) is 2.93. The van der Waals surface area contributed by atoms with Crippen LogP contribution in [0.15, 0.2) is 16.7 Å². The first-order chi connectivity index (χ1) is 6.25. The van der Waals surface area contributed by atoms with Gasteiger partial charge in [0.1, 0.15) is 5.82 Å². The van der Waals surface area contributed by atoms with Crippen molar-refractivity contribution < 1.29 is 0 Å². The Kier molecular flexibility index (Phi) is 4.59. The molecule has 0 saturated heterocycles. The zero-order valence-electron chi connectivity index (χ0n) is 7.80. The van der Waals surface area contributed by atoms with Gasteiger partial charge in [-0.05, 0) is 40.7 Å². The Morgan fingerprint density at radius 3 is 3.08 bits per heavy atom. The zero-order valence-corrected chi connectivity index (χ0v) is 10.2. The Balaban J connectivity index is 2.61. The van der Waals surface area contributed by atoms with Crippen molar-refractivity contribution in [1.29, 1.82) is 0 Å². The molecule has 72 valence electrons. The number of aryl methyl sites for hydroxylation is 1. The fraction of sp³-hybridized carbons (Fsp3) is 0.444. The molecule has 0 unspecified atom stereocenters. The maximum Gasteiger partial charge on any atom is 0.140 e. The van der Waals surface area contributed by atoms with Gasteiger partial charge in [-0.15, -0.1) is 0 Å². The summed E-state index contributed by atoms with van der Waals surface area (Å²) in [7, 11) is 0. The lowest BCUT2D eigenvalue weighted by atomic mass is 10.3. The molecule has 0 aliphatic carbocycles. The van der Waals surface area contributed by atoms with Gasteiger partial charge >= 0.3 is 0 Å². The van der Waals surface area contributed by atoms with Gasteiger partial charge < -0.3 is 5.32 Å². The van der Waals surface area contributed by atoms with E-state index in [1.165, 1.54) is 5.56 Å². The van der Waals surface area contributed by atoms with Crippen LogP contribution in [0, 0.1) is 6.92 Å². The highest BCUT2D eigenvalue weighted by Gasteiger charge is 2.01. The third-order valence-electron chi connectivity index (χ3n) is 1.68. The lowest BCUT2D eigenvalue weighted by Gasteiger charge is -2.07. The van der Waals surface area contributed by atoms with Crippen LogP contribution in [0.1, 0.15) is 5.56 Å². The van der Waals surface area contributed by atoms with E-state index in [9.17, 15) is 0 Å². The van der Waals surface area contributed by atoms with E-state index in [1.807, 2.05) is 24.0 Å². The monoisotopic (exact) mass is 260 g/mol. The molecule has 1 N–H and O–H groups in total. The van der Waals surface area contributed by atoms with Crippen LogP contribution in [0.4, 0.5) is 5.82 Å². The van der Waals surface area contributed by atoms with Gasteiger partial charge in [0.2, 0.25) is 0 Å². The Hall–Kier alpha value is -0.220. The number of thioether (sulfide) groups is 1. The molecule has 0 radical (unpaired) electrons. The molecule has 4 heteroatoms. The van der Waals surface area contributed by atoms with Gasteiger partial charge in [-0.2, -0.15) is 11.8 Å². The van der Waals surface area contributed by atoms with Gasteiger partial charge in [0.25, 0.3) is 0 Å². The highest BCUT2D eigenvalue weighted by atomic mass is 79.9. The van der Waals surface area contributed by atoms with Crippen molar-refractivity contribution in [3.63, 3.8) is 0 Å². The number of anilines is 1. The van der Waals surface area contributed by atoms with Crippen LogP contribution in [0.3, 0.4) is 0 Å². The quantitative estimate of drug-likeness (QED) is 0.843. The molecule has 0 amide bonds. The standard InChI is InChI=1S/C9H13BrN2S/c1-7-3-4-11-9(8(7)10)12-5-6-13-2/h3-4H,5-6H2,1-2H3,(H,11,12). The summed E-state index contributed by atoms with van der Waals surface area (Å²) in [6.45, 7) is 3.02. The maximum absolute atomic E-state index is 4.24. The summed E-state index contributed by atoms with van der Waals surface area (Å²) in [5, 5.41) is 3.28. The molecule has 2 nitrogen and oxygen atoms in total. The van der Waals surface area contributed by atoms with Crippen molar-refractivity contribution in [2.75, 3.05) is 23.9 Å². The molecule has 1 heterocycles. The maximum atomic E-state index is 4.24. The number of halogens is 1. The van der Waals surface area contributed by atoms with Crippen LogP contribution >= 0.6 is 27.7 Å². The number of rotatable bonds is 4. The second kappa shape index (κ2) is 5.50. The summed E-state index contributed by atoms with van der Waals surface area (Å²) in [4.78, 5) is 4.24. The number of hydrogen-bond donors (Lipinski definition) is 1. The Morgan fingerprint density at radius 2 is 2.38 bits per heavy atom. The van der Waals surface area contributed by atoms with Crippen molar-refractivity contribution in [2.24, 2.45) is 0 Å². The first kappa shape index (κ1) is 10.9. The molecule has 13 heavy (non-hydrogen) atoms. The molecule has 0 aliphatic heterocycles. The van der Waals surface area contributed by atoms with Crippen LogP contribution in [0.5, 0.6) is 0 Å². The van der Waals surface area contributed by atoms with E-state index >= 15 is 0 Å². The number of pyridine rings is 1. The third-order valence-corrected chi connectivity index (χ3v) is 3.29. The van der Waals surface area contributed by atoms with Crippen LogP contribution < -0.4 is 5.32 Å². The van der Waals surface area contributed by atoms with Gasteiger partial charge in [-0.25, -0.2) is 4.98 Å². The van der Waals surface area contributed by atoms with Crippen molar-refractivity contribution in [3.8, 4) is 0 Å². The number of nitrogens with one attached hydrogen (secondary N) is 1. The second-order valence-electron chi connectivity index (χ2n) is 2.71. The normalized spacial score (nSPS) is 10.1. The third kappa shape index (κ3) is 3.19. The van der Waals surface area contributed by atoms with E-state index < -0.39 is 0 Å². The van der Waals surface area contributed by atoms with E-state index in [4.69, 9.17) is 0 Å². The molecule has 0 aliphatic rings. The summed E-state index contributed by atoms with van der Waals surface area (Å²) >= 11 is 5.33. The Labute approximate surface area is 91.7 Å². The van der Waals surface area contributed by atoms with Gasteiger partial charge in [0.05, 0.1) is 4.47 Å². The van der Waals surface area contributed by atoms with Crippen molar-refractivity contribution in [3.05, 3.63) is 22.3 Å². The SMILES string of the molecule is CSCCNc1nccc(C)c1Br. The molecule has 0 atom stereocenters. The van der Waals surface area contributed by atoms with Crippen LogP contribution in [-0.4, -0.2) is 23.5 Å². The van der Waals surface area contributed by atoms with E-state index in [2.05, 4.69) is 39.4 Å². The summed E-state index contributed by atoms with van der Waals surface area (Å²) in [5.41, 5.74) is 1.21. The number of aromatic nitrogens is 1. The summed E-state index contributed by atoms with van der Waals surface area (Å²) in [6.07, 6.45) is 3.92. The Morgan fingerprint density at radius 1 is 1.62 bits per heavy atom. The lowest BCUT2D eigenvalue weighted by molar-refractivity contribution is 1.15. The van der Waals surface area contributed by atoms with Crippen molar-refractivity contribution >= 4 is 33.5 Å². The summed E-state index contributed by atoms with van der Waals surface area (Å²) in [6, 6.07) is 1.99. The minimum atomic E-state index is 0.939. The highest BCUT2D eigenvalue weighted by molar-refractivity contribution is 9.10. The smallest absolute Gasteiger partial charge is 0.140 e. The van der Waals surface area contributed by atoms with Crippen LogP contribution in [0.2, 0.25) is 0 Å². The second-order valence-corrected chi connectivity index (χ2v) is 4.49. The Bertz CT molecular complexity index is 278. The molecule has 1 rings (SSSR count). The highest BCUT2D eigenvalue weighted by Crippen LogP contribution is 2.22. The predicted molar refractivity (Wildman–Crippen MR) is 63.5 cm³/mol. The summed E-state index contributed by atoms with van der Waals surface area (Å²) in [5.74, 6) is 2.04. The molecule has 0 aromatic carbocycles. The molecule has 0 spiro atoms. The van der Waals surface area contributed by atoms with Gasteiger partial charge in [-0.1, -0.05) is 0 Å². The van der Waals surface area contributed by atoms with Crippen molar-refractivity contribution in [2.45, 2.75) is 6.92 Å². The van der Waals surface area contributed by atoms with Crippen LogP contribution in [-0.2, 0) is 0 Å². The molecule has 0 saturated carbocycles. The number of hydrogen-bond acceptors (Lipinski definition) is 3. The molecule has 0 bridgehead atoms. The zero-order chi connectivity index (χ0) is 9.68. The van der Waals surface area contributed by atoms with Gasteiger partial charge in [0.15, 0.2) is 0 Å². The lowest BCUT2D eigenvalue weighted by Crippen LogP contribution is -2.06. The molecule has 1 aromatic heterocycles. The van der Waals surface area contributed by atoms with Gasteiger partial charge in [0, 0.05) is 18.5 Å². The van der Waals surface area contributed by atoms with Crippen molar-refractivity contribution in [1.82, 2.24) is 4.98 Å². The largest absolute Gasteiger partial charge is 0.368 e. The van der Waals surface area contributed by atoms with Gasteiger partial charge in [-0.3, -0.25) is 0 Å². The molecular weight excluding hydrogens is 248 g/mol. The first-order valence-electron chi connectivity index (χ1n) is 4.09. The number of nitrogens with zero attached hydrogens (tertiary/aromatic N) is 1. The van der Waals surface area contributed by atoms with E-state index in [1.54, 1.807) is 0 Å². The van der Waals surface area contributed by atoms with E-state index in [0.717, 1.165) is 22.6 Å². The average molecular weight is 261 g/mol. The molecular formula is C9H13BrN2S.